The zero-order chi connectivity index (χ0) is 11.0. The number of carbonyl (C=O) groups excluding carboxylic acids is 1. The van der Waals surface area contributed by atoms with E-state index < -0.39 is 0 Å². The average molecular weight is 255 g/mol. The van der Waals surface area contributed by atoms with Gasteiger partial charge in [-0.2, -0.15) is 0 Å². The van der Waals surface area contributed by atoms with Crippen molar-refractivity contribution in [3.05, 3.63) is 12.7 Å². The van der Waals surface area contributed by atoms with E-state index in [1.165, 1.54) is 6.08 Å². The second-order valence-electron chi connectivity index (χ2n) is 3.13. The molecule has 0 heterocycles. The Labute approximate surface area is 97.4 Å². The van der Waals surface area contributed by atoms with Gasteiger partial charge in [-0.3, -0.25) is 0 Å². The molecular weight excluding hydrogens is 239 g/mol. The van der Waals surface area contributed by atoms with E-state index in [1.54, 1.807) is 0 Å². The van der Waals surface area contributed by atoms with Gasteiger partial charge in [0.25, 0.3) is 0 Å². The van der Waals surface area contributed by atoms with E-state index in [4.69, 9.17) is 27.9 Å². The van der Waals surface area contributed by atoms with Crippen LogP contribution in [0.4, 0.5) is 0 Å². The van der Waals surface area contributed by atoms with Gasteiger partial charge in [-0.15, -0.1) is 23.2 Å². The van der Waals surface area contributed by atoms with Crippen molar-refractivity contribution in [2.75, 3.05) is 0 Å². The molecule has 5 heteroatoms. The largest absolute Gasteiger partial charge is 0.460 e. The van der Waals surface area contributed by atoms with E-state index in [0.29, 0.717) is 0 Å². The third kappa shape index (κ3) is 8.60. The van der Waals surface area contributed by atoms with Crippen LogP contribution >= 0.6 is 23.2 Å². The van der Waals surface area contributed by atoms with Gasteiger partial charge in [0.05, 0.1) is 20.1 Å². The van der Waals surface area contributed by atoms with Gasteiger partial charge in [0.2, 0.25) is 0 Å². The van der Waals surface area contributed by atoms with Crippen LogP contribution in [0, 0.1) is 0 Å². The average Bonchev–Trinajstić information content (AvgIpc) is 2.12. The first-order chi connectivity index (χ1) is 6.56. The van der Waals surface area contributed by atoms with Crippen molar-refractivity contribution in [3.63, 3.8) is 0 Å². The molecule has 82 valence electrons. The van der Waals surface area contributed by atoms with Gasteiger partial charge in [0.15, 0.2) is 0 Å². The number of halogens is 2. The fraction of sp³-hybridized carbons (Fsp3) is 0.667. The van der Waals surface area contributed by atoms with E-state index in [0.717, 1.165) is 18.9 Å². The summed E-state index contributed by atoms with van der Waals surface area (Å²) in [6, 6.07) is 1.09. The first-order valence-corrected chi connectivity index (χ1v) is 7.36. The summed E-state index contributed by atoms with van der Waals surface area (Å²) in [7, 11) is -0.359. The highest BCUT2D eigenvalue weighted by atomic mass is 35.5. The summed E-state index contributed by atoms with van der Waals surface area (Å²) in [5, 5.41) is 0. The number of alkyl halides is 2. The predicted octanol–water partition coefficient (Wildman–Crippen LogP) is 2.23. The third-order valence-electron chi connectivity index (χ3n) is 1.77. The monoisotopic (exact) mass is 254 g/mol. The van der Waals surface area contributed by atoms with E-state index in [2.05, 4.69) is 6.58 Å². The molecule has 0 saturated heterocycles. The van der Waals surface area contributed by atoms with E-state index in [1.807, 2.05) is 6.92 Å². The first-order valence-electron chi connectivity index (χ1n) is 4.67. The van der Waals surface area contributed by atoms with Crippen LogP contribution in [-0.4, -0.2) is 26.1 Å². The van der Waals surface area contributed by atoms with Crippen LogP contribution in [0.25, 0.3) is 0 Å². The Morgan fingerprint density at radius 2 is 2.29 bits per heavy atom. The van der Waals surface area contributed by atoms with E-state index >= 15 is 0 Å². The van der Waals surface area contributed by atoms with Crippen LogP contribution < -0.4 is 0 Å². The smallest absolute Gasteiger partial charge is 0.330 e. The fourth-order valence-electron chi connectivity index (χ4n) is 1.04. The molecule has 0 bridgehead atoms. The SMILES string of the molecule is C=CC(=O)OC(C)CCC[SiH2]C(Cl)Cl. The minimum absolute atomic E-state index is 0.0430. The fourth-order valence-corrected chi connectivity index (χ4v) is 2.85. The van der Waals surface area contributed by atoms with Gasteiger partial charge in [0, 0.05) is 6.08 Å². The lowest BCUT2D eigenvalue weighted by Gasteiger charge is -2.11. The Balaban J connectivity index is 3.39. The third-order valence-corrected chi connectivity index (χ3v) is 4.42. The normalized spacial score (nSPS) is 13.4. The summed E-state index contributed by atoms with van der Waals surface area (Å²) >= 11 is 11.3. The molecule has 14 heavy (non-hydrogen) atoms. The number of rotatable bonds is 7. The summed E-state index contributed by atoms with van der Waals surface area (Å²) < 4.78 is 4.85. The Morgan fingerprint density at radius 3 is 2.79 bits per heavy atom. The summed E-state index contributed by atoms with van der Waals surface area (Å²) in [6.45, 7) is 5.21. The topological polar surface area (TPSA) is 26.3 Å². The summed E-state index contributed by atoms with van der Waals surface area (Å²) in [6.07, 6.45) is 3.03. The van der Waals surface area contributed by atoms with Gasteiger partial charge >= 0.3 is 5.97 Å². The molecule has 0 fully saturated rings. The van der Waals surface area contributed by atoms with Crippen molar-refractivity contribution in [1.29, 1.82) is 0 Å². The summed E-state index contributed by atoms with van der Waals surface area (Å²) in [4.78, 5) is 10.8. The molecule has 1 atom stereocenters. The first kappa shape index (κ1) is 14.0. The lowest BCUT2D eigenvalue weighted by molar-refractivity contribution is -0.142. The second-order valence-corrected chi connectivity index (χ2v) is 7.54. The molecule has 0 rings (SSSR count). The molecule has 0 spiro atoms. The Hall–Kier alpha value is 0.00688. The molecule has 0 aliphatic carbocycles. The lowest BCUT2D eigenvalue weighted by Crippen LogP contribution is -2.13. The molecule has 0 aromatic rings. The summed E-state index contributed by atoms with van der Waals surface area (Å²) in [5.41, 5.74) is 0. The Morgan fingerprint density at radius 1 is 1.64 bits per heavy atom. The Bertz CT molecular complexity index is 186. The maximum Gasteiger partial charge on any atom is 0.330 e. The van der Waals surface area contributed by atoms with Crippen LogP contribution in [0.3, 0.4) is 0 Å². The molecule has 0 radical (unpaired) electrons. The zero-order valence-electron chi connectivity index (χ0n) is 8.34. The van der Waals surface area contributed by atoms with Crippen molar-refractivity contribution in [1.82, 2.24) is 0 Å². The highest BCUT2D eigenvalue weighted by Gasteiger charge is 2.06. The van der Waals surface area contributed by atoms with Crippen molar-refractivity contribution >= 4 is 38.7 Å². The molecule has 0 saturated carbocycles. The maximum absolute atomic E-state index is 10.8. The molecule has 0 amide bonds. The van der Waals surface area contributed by atoms with Crippen molar-refractivity contribution in [3.8, 4) is 0 Å². The molecule has 0 aliphatic rings. The molecule has 0 aromatic heterocycles. The van der Waals surface area contributed by atoms with E-state index in [-0.39, 0.29) is 26.1 Å². The predicted molar refractivity (Wildman–Crippen MR) is 63.8 cm³/mol. The molecule has 0 aromatic carbocycles. The lowest BCUT2D eigenvalue weighted by atomic mass is 10.2. The van der Waals surface area contributed by atoms with Gasteiger partial charge in [-0.25, -0.2) is 4.79 Å². The van der Waals surface area contributed by atoms with Crippen LogP contribution in [0.5, 0.6) is 0 Å². The van der Waals surface area contributed by atoms with Crippen molar-refractivity contribution in [2.24, 2.45) is 0 Å². The number of carbonyl (C=O) groups is 1. The number of hydrogen-bond acceptors (Lipinski definition) is 2. The van der Waals surface area contributed by atoms with E-state index in [9.17, 15) is 4.79 Å². The summed E-state index contributed by atoms with van der Waals surface area (Å²) in [5.74, 6) is -0.359. The highest BCUT2D eigenvalue weighted by Crippen LogP contribution is 2.08. The minimum Gasteiger partial charge on any atom is -0.460 e. The molecule has 0 aliphatic heterocycles. The molecule has 0 N–H and O–H groups in total. The van der Waals surface area contributed by atoms with Crippen LogP contribution in [0.1, 0.15) is 19.8 Å². The number of ether oxygens (including phenoxy) is 1. The van der Waals surface area contributed by atoms with Crippen LogP contribution in [0.15, 0.2) is 12.7 Å². The zero-order valence-corrected chi connectivity index (χ0v) is 11.3. The molecular formula is C9H16Cl2O2Si. The van der Waals surface area contributed by atoms with Crippen LogP contribution in [0.2, 0.25) is 6.04 Å². The minimum atomic E-state index is -0.359. The molecule has 2 nitrogen and oxygen atoms in total. The van der Waals surface area contributed by atoms with Crippen molar-refractivity contribution in [2.45, 2.75) is 36.4 Å². The number of hydrogen-bond donors (Lipinski definition) is 0. The molecule has 1 unspecified atom stereocenters. The standard InChI is InChI=1S/C9H16Cl2O2Si/c1-3-8(12)13-7(2)5-4-6-14-9(10)11/h3,7,9H,1,4-6,14H2,2H3. The highest BCUT2D eigenvalue weighted by molar-refractivity contribution is 6.68. The maximum atomic E-state index is 10.8. The van der Waals surface area contributed by atoms with Gasteiger partial charge in [-0.05, 0) is 13.3 Å². The van der Waals surface area contributed by atoms with Crippen molar-refractivity contribution < 1.29 is 9.53 Å². The van der Waals surface area contributed by atoms with Gasteiger partial charge < -0.3 is 4.74 Å². The van der Waals surface area contributed by atoms with Gasteiger partial charge in [0.1, 0.15) is 0 Å². The second kappa shape index (κ2) is 8.33. The van der Waals surface area contributed by atoms with Gasteiger partial charge in [-0.1, -0.05) is 19.0 Å². The van der Waals surface area contributed by atoms with Crippen LogP contribution in [-0.2, 0) is 9.53 Å². The Kier molecular flexibility index (Phi) is 8.33. The quantitative estimate of drug-likeness (QED) is 0.229. The number of esters is 1.